The number of nitriles is 1. The van der Waals surface area contributed by atoms with Gasteiger partial charge in [0.2, 0.25) is 0 Å². The minimum Gasteiger partial charge on any atom is -0.475 e. The highest BCUT2D eigenvalue weighted by Crippen LogP contribution is 2.30. The van der Waals surface area contributed by atoms with Gasteiger partial charge in [-0.3, -0.25) is 10.1 Å². The average Bonchev–Trinajstić information content (AvgIpc) is 2.35. The Hall–Kier alpha value is -2.13. The van der Waals surface area contributed by atoms with Gasteiger partial charge in [0.05, 0.1) is 11.0 Å². The zero-order chi connectivity index (χ0) is 13.7. The summed E-state index contributed by atoms with van der Waals surface area (Å²) in [6.07, 6.45) is -1.05. The molecule has 0 bridgehead atoms. The summed E-state index contributed by atoms with van der Waals surface area (Å²) >= 11 is 0. The van der Waals surface area contributed by atoms with Crippen LogP contribution in [-0.2, 0) is 0 Å². The van der Waals surface area contributed by atoms with Gasteiger partial charge in [-0.1, -0.05) is 6.92 Å². The second kappa shape index (κ2) is 5.98. The van der Waals surface area contributed by atoms with Gasteiger partial charge in [0.1, 0.15) is 11.8 Å². The molecule has 0 saturated heterocycles. The van der Waals surface area contributed by atoms with Gasteiger partial charge in [0.15, 0.2) is 6.10 Å². The summed E-state index contributed by atoms with van der Waals surface area (Å²) < 4.78 is 5.40. The molecular formula is C12H14N2O4. The molecule has 1 rings (SSSR count). The van der Waals surface area contributed by atoms with E-state index in [0.29, 0.717) is 17.7 Å². The lowest BCUT2D eigenvalue weighted by molar-refractivity contribution is -0.385. The Bertz CT molecular complexity index is 479. The van der Waals surface area contributed by atoms with Gasteiger partial charge in [-0.15, -0.1) is 0 Å². The summed E-state index contributed by atoms with van der Waals surface area (Å²) in [4.78, 5) is 10.1. The van der Waals surface area contributed by atoms with Gasteiger partial charge in [-0.25, -0.2) is 0 Å². The highest BCUT2D eigenvalue weighted by molar-refractivity contribution is 5.45. The summed E-state index contributed by atoms with van der Waals surface area (Å²) in [5.41, 5.74) is 0.182. The van der Waals surface area contributed by atoms with Crippen molar-refractivity contribution in [3.05, 3.63) is 33.9 Å². The van der Waals surface area contributed by atoms with Crippen molar-refractivity contribution in [1.29, 1.82) is 5.26 Å². The third kappa shape index (κ3) is 3.18. The predicted octanol–water partition coefficient (Wildman–Crippen LogP) is 2.33. The number of nitro benzene ring substituents is 1. The lowest BCUT2D eigenvalue weighted by Crippen LogP contribution is -2.14. The summed E-state index contributed by atoms with van der Waals surface area (Å²) in [5, 5.41) is 29.0. The van der Waals surface area contributed by atoms with Crippen molar-refractivity contribution in [2.75, 3.05) is 0 Å². The van der Waals surface area contributed by atoms with E-state index >= 15 is 0 Å². The highest BCUT2D eigenvalue weighted by atomic mass is 16.6. The number of nitro groups is 1. The monoisotopic (exact) mass is 250 g/mol. The molecule has 2 unspecified atom stereocenters. The number of hydrogen-bond donors (Lipinski definition) is 1. The van der Waals surface area contributed by atoms with E-state index in [-0.39, 0.29) is 5.69 Å². The summed E-state index contributed by atoms with van der Waals surface area (Å²) in [5.74, 6) is 0.295. The van der Waals surface area contributed by atoms with Crippen LogP contribution in [0.2, 0.25) is 0 Å². The number of aliphatic hydroxyl groups is 1. The third-order valence-corrected chi connectivity index (χ3v) is 2.44. The van der Waals surface area contributed by atoms with Crippen molar-refractivity contribution in [2.24, 2.45) is 0 Å². The first kappa shape index (κ1) is 13.9. The second-order valence-corrected chi connectivity index (χ2v) is 3.80. The second-order valence-electron chi connectivity index (χ2n) is 3.80. The van der Waals surface area contributed by atoms with Crippen LogP contribution in [0.5, 0.6) is 5.75 Å². The summed E-state index contributed by atoms with van der Waals surface area (Å²) in [6, 6.07) is 5.91. The topological polar surface area (TPSA) is 96.4 Å². The van der Waals surface area contributed by atoms with Crippen molar-refractivity contribution >= 4 is 5.69 Å². The van der Waals surface area contributed by atoms with Crippen LogP contribution >= 0.6 is 0 Å². The first-order valence-electron chi connectivity index (χ1n) is 5.52. The molecule has 1 aromatic rings. The fourth-order valence-corrected chi connectivity index (χ4v) is 1.44. The Labute approximate surface area is 105 Å². The predicted molar refractivity (Wildman–Crippen MR) is 64.1 cm³/mol. The Balaban J connectivity index is 3.12. The average molecular weight is 250 g/mol. The molecule has 0 aliphatic rings. The Kier molecular flexibility index (Phi) is 4.63. The first-order chi connectivity index (χ1) is 8.49. The van der Waals surface area contributed by atoms with Crippen molar-refractivity contribution < 1.29 is 14.8 Å². The summed E-state index contributed by atoms with van der Waals surface area (Å²) in [7, 11) is 0. The molecule has 0 spiro atoms. The maximum Gasteiger partial charge on any atom is 0.270 e. The molecule has 1 aromatic carbocycles. The molecule has 96 valence electrons. The maximum absolute atomic E-state index is 10.7. The lowest BCUT2D eigenvalue weighted by Gasteiger charge is -2.15. The number of aliphatic hydroxyl groups excluding tert-OH is 1. The van der Waals surface area contributed by atoms with E-state index in [4.69, 9.17) is 10.00 Å². The number of ether oxygens (including phenoxy) is 1. The normalized spacial score (nSPS) is 13.4. The van der Waals surface area contributed by atoms with Gasteiger partial charge in [-0.05, 0) is 19.4 Å². The van der Waals surface area contributed by atoms with Gasteiger partial charge < -0.3 is 9.84 Å². The van der Waals surface area contributed by atoms with E-state index in [1.165, 1.54) is 25.1 Å². The van der Waals surface area contributed by atoms with Crippen LogP contribution in [0, 0.1) is 21.4 Å². The molecule has 1 N–H and O–H groups in total. The lowest BCUT2D eigenvalue weighted by atomic mass is 10.1. The molecule has 0 heterocycles. The molecule has 0 aliphatic heterocycles. The number of rotatable bonds is 5. The van der Waals surface area contributed by atoms with E-state index in [1.54, 1.807) is 6.92 Å². The van der Waals surface area contributed by atoms with Crippen molar-refractivity contribution in [3.8, 4) is 11.8 Å². The maximum atomic E-state index is 10.7. The zero-order valence-electron chi connectivity index (χ0n) is 10.2. The molecule has 0 aliphatic carbocycles. The number of benzene rings is 1. The molecule has 0 radical (unpaired) electrons. The fraction of sp³-hybridized carbons (Fsp3) is 0.417. The van der Waals surface area contributed by atoms with Gasteiger partial charge in [-0.2, -0.15) is 5.26 Å². The standard InChI is InChI=1S/C12H14N2O4/c1-3-10(7-13)18-12-5-4-9(14(16)17)6-11(12)8(2)15/h4-6,8,10,15H,3H2,1-2H3. The van der Waals surface area contributed by atoms with Gasteiger partial charge >= 0.3 is 0 Å². The van der Waals surface area contributed by atoms with E-state index in [1.807, 2.05) is 6.07 Å². The molecule has 0 amide bonds. The third-order valence-electron chi connectivity index (χ3n) is 2.44. The van der Waals surface area contributed by atoms with Crippen LogP contribution in [0.3, 0.4) is 0 Å². The molecule has 2 atom stereocenters. The first-order valence-corrected chi connectivity index (χ1v) is 5.52. The zero-order valence-corrected chi connectivity index (χ0v) is 10.2. The van der Waals surface area contributed by atoms with Crippen LogP contribution in [0.15, 0.2) is 18.2 Å². The largest absolute Gasteiger partial charge is 0.475 e. The Morgan fingerprint density at radius 2 is 2.28 bits per heavy atom. The molecule has 6 heteroatoms. The molecule has 6 nitrogen and oxygen atoms in total. The van der Waals surface area contributed by atoms with Crippen LogP contribution < -0.4 is 4.74 Å². The van der Waals surface area contributed by atoms with Crippen molar-refractivity contribution in [3.63, 3.8) is 0 Å². The summed E-state index contributed by atoms with van der Waals surface area (Å²) in [6.45, 7) is 3.28. The van der Waals surface area contributed by atoms with Gasteiger partial charge in [0.25, 0.3) is 5.69 Å². The minimum absolute atomic E-state index is 0.122. The number of non-ortho nitro benzene ring substituents is 1. The quantitative estimate of drug-likeness (QED) is 0.639. The number of hydrogen-bond acceptors (Lipinski definition) is 5. The van der Waals surface area contributed by atoms with E-state index in [0.717, 1.165) is 0 Å². The van der Waals surface area contributed by atoms with Crippen LogP contribution in [0.4, 0.5) is 5.69 Å². The molecule has 0 aromatic heterocycles. The van der Waals surface area contributed by atoms with E-state index in [9.17, 15) is 15.2 Å². The SMILES string of the molecule is CCC(C#N)Oc1ccc([N+](=O)[O-])cc1C(C)O. The molecular weight excluding hydrogens is 236 g/mol. The minimum atomic E-state index is -0.906. The Morgan fingerprint density at radius 1 is 1.61 bits per heavy atom. The van der Waals surface area contributed by atoms with Crippen LogP contribution in [0.1, 0.15) is 31.9 Å². The fourth-order valence-electron chi connectivity index (χ4n) is 1.44. The van der Waals surface area contributed by atoms with Gasteiger partial charge in [0, 0.05) is 17.7 Å². The van der Waals surface area contributed by atoms with E-state index < -0.39 is 17.1 Å². The Morgan fingerprint density at radius 3 is 2.72 bits per heavy atom. The molecule has 18 heavy (non-hydrogen) atoms. The number of nitrogens with zero attached hydrogens (tertiary/aromatic N) is 2. The smallest absolute Gasteiger partial charge is 0.270 e. The van der Waals surface area contributed by atoms with Crippen molar-refractivity contribution in [1.82, 2.24) is 0 Å². The van der Waals surface area contributed by atoms with Crippen LogP contribution in [-0.4, -0.2) is 16.1 Å². The highest BCUT2D eigenvalue weighted by Gasteiger charge is 2.17. The van der Waals surface area contributed by atoms with E-state index in [2.05, 4.69) is 0 Å². The molecule has 0 saturated carbocycles. The molecule has 0 fully saturated rings. The van der Waals surface area contributed by atoms with Crippen LogP contribution in [0.25, 0.3) is 0 Å². The van der Waals surface area contributed by atoms with Crippen molar-refractivity contribution in [2.45, 2.75) is 32.5 Å².